The van der Waals surface area contributed by atoms with Crippen LogP contribution in [0.2, 0.25) is 0 Å². The molecule has 0 saturated carbocycles. The van der Waals surface area contributed by atoms with E-state index in [0.29, 0.717) is 0 Å². The van der Waals surface area contributed by atoms with Crippen LogP contribution in [-0.4, -0.2) is 4.57 Å². The lowest BCUT2D eigenvalue weighted by molar-refractivity contribution is 0.666. The van der Waals surface area contributed by atoms with Crippen molar-refractivity contribution >= 4 is 54.5 Å². The van der Waals surface area contributed by atoms with Gasteiger partial charge in [0.25, 0.3) is 0 Å². The van der Waals surface area contributed by atoms with E-state index in [1.54, 1.807) is 0 Å². The Labute approximate surface area is 225 Å². The maximum Gasteiger partial charge on any atom is 0.137 e. The van der Waals surface area contributed by atoms with E-state index < -0.39 is 0 Å². The van der Waals surface area contributed by atoms with Crippen LogP contribution >= 0.6 is 0 Å². The van der Waals surface area contributed by atoms with Crippen molar-refractivity contribution in [2.75, 3.05) is 0 Å². The molecule has 0 bridgehead atoms. The molecule has 2 nitrogen and oxygen atoms in total. The first-order valence-electron chi connectivity index (χ1n) is 13.6. The molecular weight excluding hydrogens is 474 g/mol. The summed E-state index contributed by atoms with van der Waals surface area (Å²) in [5.41, 5.74) is 10.9. The molecule has 9 rings (SSSR count). The van der Waals surface area contributed by atoms with Gasteiger partial charge in [-0.1, -0.05) is 105 Å². The standard InChI is InChI=1S/C37H25NO/c1-37(2)28-21-20-25-24-12-5-7-14-29(24)38(30-15-9-17-32-34(30)26-13-6-8-16-31(26)39-32)36(25)33(28)27-19-18-22-10-3-4-11-23(22)35(27)37/h3-21H,1-2H3. The van der Waals surface area contributed by atoms with Crippen molar-refractivity contribution in [1.82, 2.24) is 4.57 Å². The summed E-state index contributed by atoms with van der Waals surface area (Å²) in [6.07, 6.45) is 0. The van der Waals surface area contributed by atoms with E-state index >= 15 is 0 Å². The largest absolute Gasteiger partial charge is 0.456 e. The highest BCUT2D eigenvalue weighted by molar-refractivity contribution is 6.19. The number of hydrogen-bond acceptors (Lipinski definition) is 1. The average molecular weight is 500 g/mol. The van der Waals surface area contributed by atoms with E-state index in [1.165, 1.54) is 54.8 Å². The van der Waals surface area contributed by atoms with Crippen molar-refractivity contribution in [3.63, 3.8) is 0 Å². The van der Waals surface area contributed by atoms with Gasteiger partial charge in [0.1, 0.15) is 11.2 Å². The van der Waals surface area contributed by atoms with Gasteiger partial charge in [-0.3, -0.25) is 0 Å². The van der Waals surface area contributed by atoms with Gasteiger partial charge in [-0.2, -0.15) is 0 Å². The number of rotatable bonds is 1. The molecule has 0 fully saturated rings. The zero-order valence-corrected chi connectivity index (χ0v) is 21.8. The van der Waals surface area contributed by atoms with Crippen LogP contribution in [0.15, 0.2) is 120 Å². The van der Waals surface area contributed by atoms with Crippen molar-refractivity contribution in [2.45, 2.75) is 19.3 Å². The van der Waals surface area contributed by atoms with Crippen LogP contribution in [0.3, 0.4) is 0 Å². The summed E-state index contributed by atoms with van der Waals surface area (Å²) in [5.74, 6) is 0. The van der Waals surface area contributed by atoms with Gasteiger partial charge in [0.2, 0.25) is 0 Å². The second kappa shape index (κ2) is 7.18. The highest BCUT2D eigenvalue weighted by atomic mass is 16.3. The van der Waals surface area contributed by atoms with E-state index in [2.05, 4.69) is 128 Å². The maximum absolute atomic E-state index is 6.33. The molecular formula is C37H25NO. The van der Waals surface area contributed by atoms with E-state index in [9.17, 15) is 0 Å². The smallest absolute Gasteiger partial charge is 0.137 e. The van der Waals surface area contributed by atoms with Crippen LogP contribution in [0.5, 0.6) is 0 Å². The number of benzene rings is 6. The van der Waals surface area contributed by atoms with Gasteiger partial charge >= 0.3 is 0 Å². The van der Waals surface area contributed by atoms with Crippen LogP contribution in [0, 0.1) is 0 Å². The molecule has 2 heteroatoms. The Morgan fingerprint density at radius 3 is 2.23 bits per heavy atom. The maximum atomic E-state index is 6.33. The predicted molar refractivity (Wildman–Crippen MR) is 163 cm³/mol. The van der Waals surface area contributed by atoms with Crippen LogP contribution < -0.4 is 0 Å². The van der Waals surface area contributed by atoms with Crippen molar-refractivity contribution < 1.29 is 4.42 Å². The fraction of sp³-hybridized carbons (Fsp3) is 0.0811. The minimum absolute atomic E-state index is 0.116. The van der Waals surface area contributed by atoms with Crippen molar-refractivity contribution in [1.29, 1.82) is 0 Å². The van der Waals surface area contributed by atoms with E-state index in [4.69, 9.17) is 4.42 Å². The summed E-state index contributed by atoms with van der Waals surface area (Å²) in [6, 6.07) is 41.8. The molecule has 2 aromatic heterocycles. The first-order chi connectivity index (χ1) is 19.1. The molecule has 1 aliphatic carbocycles. The van der Waals surface area contributed by atoms with Gasteiger partial charge in [0, 0.05) is 27.1 Å². The van der Waals surface area contributed by atoms with Crippen molar-refractivity contribution in [2.24, 2.45) is 0 Å². The second-order valence-corrected chi connectivity index (χ2v) is 11.3. The Hall–Kier alpha value is -4.82. The third kappa shape index (κ3) is 2.56. The molecule has 8 aromatic rings. The number of fused-ring (bicyclic) bond motifs is 12. The molecule has 0 radical (unpaired) electrons. The number of aromatic nitrogens is 1. The third-order valence-electron chi connectivity index (χ3n) is 8.95. The molecule has 0 spiro atoms. The summed E-state index contributed by atoms with van der Waals surface area (Å²) in [5, 5.41) is 7.49. The van der Waals surface area contributed by atoms with E-state index in [1.807, 2.05) is 6.07 Å². The zero-order chi connectivity index (χ0) is 25.9. The summed E-state index contributed by atoms with van der Waals surface area (Å²) in [7, 11) is 0. The first-order valence-corrected chi connectivity index (χ1v) is 13.6. The monoisotopic (exact) mass is 499 g/mol. The van der Waals surface area contributed by atoms with Crippen LogP contribution in [-0.2, 0) is 5.41 Å². The first kappa shape index (κ1) is 21.2. The van der Waals surface area contributed by atoms with Crippen LogP contribution in [0.1, 0.15) is 25.0 Å². The molecule has 0 unspecified atom stereocenters. The highest BCUT2D eigenvalue weighted by Gasteiger charge is 2.39. The van der Waals surface area contributed by atoms with Gasteiger partial charge in [0.15, 0.2) is 0 Å². The molecule has 0 aliphatic heterocycles. The minimum atomic E-state index is -0.116. The molecule has 6 aromatic carbocycles. The van der Waals surface area contributed by atoms with Crippen molar-refractivity contribution in [3.8, 4) is 16.8 Å². The fourth-order valence-electron chi connectivity index (χ4n) is 7.33. The summed E-state index contributed by atoms with van der Waals surface area (Å²) in [6.45, 7) is 4.76. The lowest BCUT2D eigenvalue weighted by Gasteiger charge is -2.23. The number of hydrogen-bond donors (Lipinski definition) is 0. The normalized spacial score (nSPS) is 14.1. The molecule has 1 aliphatic rings. The Morgan fingerprint density at radius 1 is 0.590 bits per heavy atom. The molecule has 39 heavy (non-hydrogen) atoms. The molecule has 2 heterocycles. The average Bonchev–Trinajstić information content (AvgIpc) is 3.59. The summed E-state index contributed by atoms with van der Waals surface area (Å²) < 4.78 is 8.83. The van der Waals surface area contributed by atoms with Gasteiger partial charge in [0.05, 0.1) is 22.1 Å². The number of nitrogens with zero attached hydrogens (tertiary/aromatic N) is 1. The second-order valence-electron chi connectivity index (χ2n) is 11.3. The third-order valence-corrected chi connectivity index (χ3v) is 8.95. The Balaban J connectivity index is 1.52. The predicted octanol–water partition coefficient (Wildman–Crippen LogP) is 10.1. The topological polar surface area (TPSA) is 18.1 Å². The molecule has 0 saturated heterocycles. The zero-order valence-electron chi connectivity index (χ0n) is 21.8. The Kier molecular flexibility index (Phi) is 3.89. The van der Waals surface area contributed by atoms with Crippen LogP contribution in [0.25, 0.3) is 71.3 Å². The Bertz CT molecular complexity index is 2310. The molecule has 184 valence electrons. The molecule has 0 atom stereocenters. The fourth-order valence-corrected chi connectivity index (χ4v) is 7.33. The lowest BCUT2D eigenvalue weighted by atomic mass is 9.80. The molecule has 0 amide bonds. The lowest BCUT2D eigenvalue weighted by Crippen LogP contribution is -2.15. The van der Waals surface area contributed by atoms with Gasteiger partial charge in [-0.15, -0.1) is 0 Å². The van der Waals surface area contributed by atoms with E-state index in [-0.39, 0.29) is 5.41 Å². The number of furan rings is 1. The van der Waals surface area contributed by atoms with Gasteiger partial charge in [-0.25, -0.2) is 0 Å². The van der Waals surface area contributed by atoms with Gasteiger partial charge < -0.3 is 8.98 Å². The highest BCUT2D eigenvalue weighted by Crippen LogP contribution is 2.55. The van der Waals surface area contributed by atoms with E-state index in [0.717, 1.165) is 27.6 Å². The van der Waals surface area contributed by atoms with Crippen molar-refractivity contribution in [3.05, 3.63) is 126 Å². The molecule has 0 N–H and O–H groups in total. The Morgan fingerprint density at radius 2 is 1.33 bits per heavy atom. The summed E-state index contributed by atoms with van der Waals surface area (Å²) in [4.78, 5) is 0. The van der Waals surface area contributed by atoms with Crippen LogP contribution in [0.4, 0.5) is 0 Å². The minimum Gasteiger partial charge on any atom is -0.456 e. The number of para-hydroxylation sites is 2. The quantitative estimate of drug-likeness (QED) is 0.220. The van der Waals surface area contributed by atoms with Gasteiger partial charge in [-0.05, 0) is 51.7 Å². The summed E-state index contributed by atoms with van der Waals surface area (Å²) >= 11 is 0. The SMILES string of the molecule is CC1(C)c2ccc3c4ccccc4n(-c4cccc5oc6ccccc6c45)c3c2-c2ccc3ccccc3c21.